The van der Waals surface area contributed by atoms with Crippen molar-refractivity contribution < 1.29 is 18.7 Å². The molecule has 0 aliphatic carbocycles. The van der Waals surface area contributed by atoms with E-state index in [2.05, 4.69) is 41.0 Å². The summed E-state index contributed by atoms with van der Waals surface area (Å²) in [5.41, 5.74) is 7.47. The Kier molecular flexibility index (Phi) is 6.73. The standard InChI is InChI=1S/C30H27FN6O3/c1-18-24(13-19-3-7-23(31)8-4-19)28(33-17-32-18)37-11-12-40-27-10-6-20(14-22(27)16-37)21-5-9-25-26(15-21)35-29(34-25)36-30(38)39-2/h3-10,14-15,17H,11-13,16H2,1-2H3,(H2,34,35,36,38). The second-order valence-electron chi connectivity index (χ2n) is 9.59. The number of ether oxygens (including phenoxy) is 2. The molecule has 5 aromatic rings. The van der Waals surface area contributed by atoms with E-state index in [1.165, 1.54) is 19.2 Å². The number of aromatic amines is 1. The minimum Gasteiger partial charge on any atom is -0.491 e. The third kappa shape index (κ3) is 5.15. The van der Waals surface area contributed by atoms with Crippen molar-refractivity contribution in [2.24, 2.45) is 0 Å². The number of methoxy groups -OCH3 is 1. The van der Waals surface area contributed by atoms with E-state index < -0.39 is 6.09 Å². The molecule has 1 aliphatic heterocycles. The molecule has 6 rings (SSSR count). The van der Waals surface area contributed by atoms with Gasteiger partial charge in [0.25, 0.3) is 0 Å². The molecule has 0 radical (unpaired) electrons. The summed E-state index contributed by atoms with van der Waals surface area (Å²) in [6.07, 6.45) is 1.60. The van der Waals surface area contributed by atoms with Gasteiger partial charge in [-0.1, -0.05) is 24.3 Å². The lowest BCUT2D eigenvalue weighted by molar-refractivity contribution is 0.186. The summed E-state index contributed by atoms with van der Waals surface area (Å²) >= 11 is 0. The smallest absolute Gasteiger partial charge is 0.413 e. The zero-order valence-corrected chi connectivity index (χ0v) is 22.1. The zero-order chi connectivity index (χ0) is 27.6. The van der Waals surface area contributed by atoms with Gasteiger partial charge in [0.2, 0.25) is 5.95 Å². The van der Waals surface area contributed by atoms with Gasteiger partial charge in [0, 0.05) is 29.8 Å². The van der Waals surface area contributed by atoms with E-state index in [1.54, 1.807) is 18.5 Å². The predicted molar refractivity (Wildman–Crippen MR) is 150 cm³/mol. The van der Waals surface area contributed by atoms with Crippen LogP contribution in [0.5, 0.6) is 5.75 Å². The first-order chi connectivity index (χ1) is 19.5. The largest absolute Gasteiger partial charge is 0.491 e. The van der Waals surface area contributed by atoms with E-state index in [-0.39, 0.29) is 5.82 Å². The van der Waals surface area contributed by atoms with E-state index in [1.807, 2.05) is 37.3 Å². The molecule has 0 saturated heterocycles. The van der Waals surface area contributed by atoms with E-state index in [9.17, 15) is 9.18 Å². The number of imidazole rings is 1. The number of aromatic nitrogens is 4. The Hall–Kier alpha value is -4.99. The molecule has 10 heteroatoms. The first-order valence-electron chi connectivity index (χ1n) is 12.9. The van der Waals surface area contributed by atoms with Gasteiger partial charge in [-0.2, -0.15) is 0 Å². The number of fused-ring (bicyclic) bond motifs is 2. The van der Waals surface area contributed by atoms with Crippen LogP contribution >= 0.6 is 0 Å². The Morgan fingerprint density at radius 2 is 1.90 bits per heavy atom. The zero-order valence-electron chi connectivity index (χ0n) is 22.1. The van der Waals surface area contributed by atoms with Crippen LogP contribution in [0.1, 0.15) is 22.4 Å². The molecule has 0 unspecified atom stereocenters. The SMILES string of the molecule is COC(=O)Nc1nc2ccc(-c3ccc4c(c3)CN(c3ncnc(C)c3Cc3ccc(F)cc3)CCO4)cc2[nH]1. The van der Waals surface area contributed by atoms with E-state index in [0.29, 0.717) is 32.1 Å². The van der Waals surface area contributed by atoms with Crippen LogP contribution in [-0.2, 0) is 17.7 Å². The number of aryl methyl sites for hydroxylation is 1. The lowest BCUT2D eigenvalue weighted by Crippen LogP contribution is -2.28. The summed E-state index contributed by atoms with van der Waals surface area (Å²) in [7, 11) is 1.30. The maximum atomic E-state index is 13.5. The van der Waals surface area contributed by atoms with Crippen molar-refractivity contribution in [2.75, 3.05) is 30.5 Å². The Labute approximate surface area is 230 Å². The molecule has 0 saturated carbocycles. The van der Waals surface area contributed by atoms with Crippen molar-refractivity contribution in [1.82, 2.24) is 19.9 Å². The number of benzene rings is 3. The van der Waals surface area contributed by atoms with Crippen molar-refractivity contribution in [3.8, 4) is 16.9 Å². The number of hydrogen-bond acceptors (Lipinski definition) is 7. The van der Waals surface area contributed by atoms with Gasteiger partial charge in [-0.3, -0.25) is 5.32 Å². The third-order valence-electron chi connectivity index (χ3n) is 6.99. The van der Waals surface area contributed by atoms with Crippen LogP contribution < -0.4 is 15.0 Å². The Balaban J connectivity index is 1.30. The fourth-order valence-corrected chi connectivity index (χ4v) is 4.92. The van der Waals surface area contributed by atoms with Crippen molar-refractivity contribution in [3.05, 3.63) is 95.2 Å². The van der Waals surface area contributed by atoms with E-state index in [0.717, 1.165) is 56.1 Å². The van der Waals surface area contributed by atoms with E-state index >= 15 is 0 Å². The number of carbonyl (C=O) groups is 1. The molecule has 3 heterocycles. The molecule has 40 heavy (non-hydrogen) atoms. The Morgan fingerprint density at radius 1 is 1.10 bits per heavy atom. The number of hydrogen-bond donors (Lipinski definition) is 2. The minimum atomic E-state index is -0.589. The maximum Gasteiger partial charge on any atom is 0.413 e. The van der Waals surface area contributed by atoms with Crippen LogP contribution in [0.15, 0.2) is 67.0 Å². The second kappa shape index (κ2) is 10.6. The van der Waals surface area contributed by atoms with Crippen molar-refractivity contribution in [2.45, 2.75) is 19.9 Å². The minimum absolute atomic E-state index is 0.257. The number of halogens is 1. The van der Waals surface area contributed by atoms with Crippen LogP contribution in [0.3, 0.4) is 0 Å². The van der Waals surface area contributed by atoms with Crippen molar-refractivity contribution in [1.29, 1.82) is 0 Å². The van der Waals surface area contributed by atoms with Gasteiger partial charge in [-0.25, -0.2) is 24.1 Å². The quantitative estimate of drug-likeness (QED) is 0.299. The molecule has 3 aromatic carbocycles. The second-order valence-corrected chi connectivity index (χ2v) is 9.59. The molecule has 0 fully saturated rings. The molecule has 2 N–H and O–H groups in total. The number of rotatable bonds is 5. The van der Waals surface area contributed by atoms with Gasteiger partial charge in [0.05, 0.1) is 24.7 Å². The number of H-pyrrole nitrogens is 1. The van der Waals surface area contributed by atoms with Crippen molar-refractivity contribution >= 4 is 28.9 Å². The van der Waals surface area contributed by atoms with Crippen LogP contribution in [0.25, 0.3) is 22.2 Å². The normalized spacial score (nSPS) is 12.9. The lowest BCUT2D eigenvalue weighted by atomic mass is 10.0. The van der Waals surface area contributed by atoms with E-state index in [4.69, 9.17) is 4.74 Å². The molecule has 0 spiro atoms. The summed E-state index contributed by atoms with van der Waals surface area (Å²) in [6, 6.07) is 18.6. The van der Waals surface area contributed by atoms with Gasteiger partial charge in [-0.05, 0) is 60.0 Å². The number of nitrogens with one attached hydrogen (secondary N) is 2. The summed E-state index contributed by atoms with van der Waals surface area (Å²) < 4.78 is 24.2. The average molecular weight is 539 g/mol. The fraction of sp³-hybridized carbons (Fsp3) is 0.200. The van der Waals surface area contributed by atoms with Crippen LogP contribution in [-0.4, -0.2) is 46.3 Å². The highest BCUT2D eigenvalue weighted by atomic mass is 19.1. The summed E-state index contributed by atoms with van der Waals surface area (Å²) in [5, 5.41) is 2.56. The predicted octanol–water partition coefficient (Wildman–Crippen LogP) is 5.64. The van der Waals surface area contributed by atoms with Crippen molar-refractivity contribution in [3.63, 3.8) is 0 Å². The summed E-state index contributed by atoms with van der Waals surface area (Å²) in [6.45, 7) is 3.76. The molecule has 202 valence electrons. The topological polar surface area (TPSA) is 105 Å². The van der Waals surface area contributed by atoms with Gasteiger partial charge in [0.1, 0.15) is 30.3 Å². The van der Waals surface area contributed by atoms with Gasteiger partial charge in [0.15, 0.2) is 0 Å². The third-order valence-corrected chi connectivity index (χ3v) is 6.99. The highest BCUT2D eigenvalue weighted by Gasteiger charge is 2.21. The summed E-state index contributed by atoms with van der Waals surface area (Å²) in [5.74, 6) is 1.75. The van der Waals surface area contributed by atoms with Gasteiger partial charge < -0.3 is 19.4 Å². The van der Waals surface area contributed by atoms with Gasteiger partial charge >= 0.3 is 6.09 Å². The molecule has 2 aromatic heterocycles. The first-order valence-corrected chi connectivity index (χ1v) is 12.9. The highest BCUT2D eigenvalue weighted by Crippen LogP contribution is 2.33. The fourth-order valence-electron chi connectivity index (χ4n) is 4.92. The Morgan fingerprint density at radius 3 is 2.73 bits per heavy atom. The van der Waals surface area contributed by atoms with Crippen LogP contribution in [0.4, 0.5) is 21.0 Å². The molecule has 0 atom stereocenters. The monoisotopic (exact) mass is 538 g/mol. The highest BCUT2D eigenvalue weighted by molar-refractivity contribution is 5.88. The lowest BCUT2D eigenvalue weighted by Gasteiger charge is -2.24. The first kappa shape index (κ1) is 25.3. The molecule has 9 nitrogen and oxygen atoms in total. The molecular weight excluding hydrogens is 511 g/mol. The average Bonchev–Trinajstić information content (AvgIpc) is 3.24. The molecule has 0 bridgehead atoms. The number of nitrogens with zero attached hydrogens (tertiary/aromatic N) is 4. The molecule has 1 aliphatic rings. The number of anilines is 2. The number of amides is 1. The van der Waals surface area contributed by atoms with Crippen LogP contribution in [0.2, 0.25) is 0 Å². The number of carbonyl (C=O) groups excluding carboxylic acids is 1. The summed E-state index contributed by atoms with van der Waals surface area (Å²) in [4.78, 5) is 30.4. The van der Waals surface area contributed by atoms with Crippen LogP contribution in [0, 0.1) is 12.7 Å². The molecular formula is C30H27FN6O3. The van der Waals surface area contributed by atoms with Gasteiger partial charge in [-0.15, -0.1) is 0 Å². The maximum absolute atomic E-state index is 13.5. The molecule has 1 amide bonds. The Bertz CT molecular complexity index is 1700.